The fourth-order valence-corrected chi connectivity index (χ4v) is 2.07. The summed E-state index contributed by atoms with van der Waals surface area (Å²) in [7, 11) is 0. The van der Waals surface area contributed by atoms with Gasteiger partial charge in [-0.05, 0) is 0 Å². The SMILES string of the molecule is O=C(CCC(F)(F)C(F)(F)C(F)(F)C(F)(F)C(F)(F)F)SCC(O)C(=O)O. The number of hydrogen-bond donors (Lipinski definition) is 2. The second-order valence-corrected chi connectivity index (χ2v) is 6.04. The molecule has 0 saturated heterocycles. The van der Waals surface area contributed by atoms with E-state index in [9.17, 15) is 57.9 Å². The van der Waals surface area contributed by atoms with Crippen LogP contribution in [0.5, 0.6) is 0 Å². The highest BCUT2D eigenvalue weighted by Crippen LogP contribution is 2.58. The first-order chi connectivity index (χ1) is 11.7. The molecule has 1 unspecified atom stereocenters. The average molecular weight is 446 g/mol. The van der Waals surface area contributed by atoms with Crippen molar-refractivity contribution in [1.82, 2.24) is 0 Å². The fraction of sp³-hybridized carbons (Fsp3) is 0.818. The number of carboxylic acids is 1. The molecule has 0 aliphatic heterocycles. The van der Waals surface area contributed by atoms with E-state index in [1.54, 1.807) is 0 Å². The summed E-state index contributed by atoms with van der Waals surface area (Å²) >= 11 is -0.182. The number of carboxylic acid groups (broad SMARTS) is 1. The van der Waals surface area contributed by atoms with E-state index >= 15 is 0 Å². The van der Waals surface area contributed by atoms with Gasteiger partial charge in [0.1, 0.15) is 0 Å². The number of aliphatic hydroxyl groups is 1. The zero-order valence-electron chi connectivity index (χ0n) is 12.5. The topological polar surface area (TPSA) is 74.6 Å². The molecule has 0 saturated carbocycles. The van der Waals surface area contributed by atoms with Gasteiger partial charge in [-0.3, -0.25) is 4.79 Å². The van der Waals surface area contributed by atoms with Crippen LogP contribution in [0.3, 0.4) is 0 Å². The molecule has 27 heavy (non-hydrogen) atoms. The van der Waals surface area contributed by atoms with Gasteiger partial charge in [0.05, 0.1) is 0 Å². The van der Waals surface area contributed by atoms with Gasteiger partial charge < -0.3 is 10.2 Å². The Morgan fingerprint density at radius 2 is 1.26 bits per heavy atom. The second kappa shape index (κ2) is 7.97. The van der Waals surface area contributed by atoms with E-state index in [1.807, 2.05) is 0 Å². The summed E-state index contributed by atoms with van der Waals surface area (Å²) in [6.07, 6.45) is -13.7. The lowest BCUT2D eigenvalue weighted by atomic mass is 9.95. The van der Waals surface area contributed by atoms with Crippen LogP contribution in [-0.2, 0) is 9.59 Å². The maximum Gasteiger partial charge on any atom is 0.460 e. The first kappa shape index (κ1) is 25.7. The van der Waals surface area contributed by atoms with Crippen LogP contribution in [0.1, 0.15) is 12.8 Å². The van der Waals surface area contributed by atoms with Crippen molar-refractivity contribution in [3.63, 3.8) is 0 Å². The molecule has 0 aliphatic rings. The van der Waals surface area contributed by atoms with Crippen LogP contribution in [0.2, 0.25) is 0 Å². The van der Waals surface area contributed by atoms with E-state index in [2.05, 4.69) is 0 Å². The number of aliphatic carboxylic acids is 1. The first-order valence-corrected chi connectivity index (χ1v) is 7.35. The van der Waals surface area contributed by atoms with Crippen molar-refractivity contribution in [2.24, 2.45) is 0 Å². The number of thioether (sulfide) groups is 1. The summed E-state index contributed by atoms with van der Waals surface area (Å²) in [6, 6.07) is 0. The molecule has 0 rings (SSSR count). The molecule has 4 nitrogen and oxygen atoms in total. The maximum absolute atomic E-state index is 13.3. The average Bonchev–Trinajstić information content (AvgIpc) is 2.48. The lowest BCUT2D eigenvalue weighted by molar-refractivity contribution is -0.422. The molecule has 16 heteroatoms. The van der Waals surface area contributed by atoms with Crippen LogP contribution in [-0.4, -0.2) is 63.0 Å². The highest BCUT2D eigenvalue weighted by Gasteiger charge is 2.86. The Bertz CT molecular complexity index is 561. The van der Waals surface area contributed by atoms with Crippen LogP contribution in [0.4, 0.5) is 48.3 Å². The Morgan fingerprint density at radius 1 is 0.815 bits per heavy atom. The van der Waals surface area contributed by atoms with Crippen LogP contribution < -0.4 is 0 Å². The third kappa shape index (κ3) is 5.14. The third-order valence-electron chi connectivity index (χ3n) is 2.93. The van der Waals surface area contributed by atoms with Crippen molar-refractivity contribution in [3.8, 4) is 0 Å². The second-order valence-electron chi connectivity index (χ2n) is 4.96. The smallest absolute Gasteiger partial charge is 0.460 e. The summed E-state index contributed by atoms with van der Waals surface area (Å²) in [6.45, 7) is 0. The summed E-state index contributed by atoms with van der Waals surface area (Å²) in [4.78, 5) is 21.3. The minimum absolute atomic E-state index is 0.182. The predicted octanol–water partition coefficient (Wildman–Crippen LogP) is 3.58. The van der Waals surface area contributed by atoms with Gasteiger partial charge in [-0.25, -0.2) is 4.79 Å². The molecule has 0 aliphatic carbocycles. The number of halogens is 11. The van der Waals surface area contributed by atoms with Crippen LogP contribution in [0.15, 0.2) is 0 Å². The van der Waals surface area contributed by atoms with Crippen molar-refractivity contribution >= 4 is 22.8 Å². The van der Waals surface area contributed by atoms with Gasteiger partial charge in [0.2, 0.25) is 0 Å². The summed E-state index contributed by atoms with van der Waals surface area (Å²) < 4.78 is 140. The van der Waals surface area contributed by atoms with E-state index in [-0.39, 0.29) is 11.8 Å². The van der Waals surface area contributed by atoms with E-state index in [0.717, 1.165) is 0 Å². The normalized spacial score (nSPS) is 15.6. The Hall–Kier alpha value is -1.32. The Balaban J connectivity index is 5.28. The number of hydrogen-bond acceptors (Lipinski definition) is 4. The monoisotopic (exact) mass is 446 g/mol. The molecule has 0 aromatic carbocycles. The molecule has 0 amide bonds. The van der Waals surface area contributed by atoms with Gasteiger partial charge in [0.15, 0.2) is 11.2 Å². The molecule has 2 N–H and O–H groups in total. The van der Waals surface area contributed by atoms with Crippen molar-refractivity contribution in [3.05, 3.63) is 0 Å². The zero-order valence-corrected chi connectivity index (χ0v) is 13.3. The Labute approximate surface area is 146 Å². The van der Waals surface area contributed by atoms with Crippen molar-refractivity contribution in [2.45, 2.75) is 48.8 Å². The molecule has 0 bridgehead atoms. The van der Waals surface area contributed by atoms with Crippen molar-refractivity contribution in [2.75, 3.05) is 5.75 Å². The highest BCUT2D eigenvalue weighted by molar-refractivity contribution is 8.13. The van der Waals surface area contributed by atoms with Gasteiger partial charge in [-0.2, -0.15) is 48.3 Å². The highest BCUT2D eigenvalue weighted by atomic mass is 32.2. The van der Waals surface area contributed by atoms with Gasteiger partial charge in [0.25, 0.3) is 0 Å². The van der Waals surface area contributed by atoms with Crippen molar-refractivity contribution < 1.29 is 68.1 Å². The molecule has 0 aromatic rings. The van der Waals surface area contributed by atoms with Gasteiger partial charge in [-0.15, -0.1) is 0 Å². The Kier molecular flexibility index (Phi) is 7.58. The fourth-order valence-electron chi connectivity index (χ4n) is 1.34. The molecular formula is C11H9F11O4S. The zero-order chi connectivity index (χ0) is 22.1. The molecular weight excluding hydrogens is 437 g/mol. The predicted molar refractivity (Wildman–Crippen MR) is 66.2 cm³/mol. The quantitative estimate of drug-likeness (QED) is 0.530. The molecule has 0 spiro atoms. The Morgan fingerprint density at radius 3 is 1.63 bits per heavy atom. The molecule has 0 radical (unpaired) electrons. The summed E-state index contributed by atoms with van der Waals surface area (Å²) in [5.74, 6) is -31.2. The molecule has 160 valence electrons. The largest absolute Gasteiger partial charge is 0.479 e. The lowest BCUT2D eigenvalue weighted by Gasteiger charge is -2.37. The summed E-state index contributed by atoms with van der Waals surface area (Å²) in [5.41, 5.74) is 0. The minimum atomic E-state index is -7.54. The standard InChI is InChI=1S/C11H9F11O4S/c12-7(13,2-1-5(24)27-3-4(23)6(25)26)8(14,15)9(16,17)10(18,19)11(20,21)22/h4,23H,1-3H2,(H,25,26). The lowest BCUT2D eigenvalue weighted by Crippen LogP contribution is -2.66. The maximum atomic E-state index is 13.3. The van der Waals surface area contributed by atoms with E-state index < -0.39 is 65.6 Å². The molecule has 0 fully saturated rings. The molecule has 1 atom stereocenters. The van der Waals surface area contributed by atoms with E-state index in [4.69, 9.17) is 10.2 Å². The van der Waals surface area contributed by atoms with E-state index in [0.29, 0.717) is 0 Å². The summed E-state index contributed by atoms with van der Waals surface area (Å²) in [5, 5.41) is 15.5. The van der Waals surface area contributed by atoms with Gasteiger partial charge in [0, 0.05) is 18.6 Å². The molecule has 0 aromatic heterocycles. The van der Waals surface area contributed by atoms with Crippen LogP contribution in [0.25, 0.3) is 0 Å². The van der Waals surface area contributed by atoms with Crippen molar-refractivity contribution in [1.29, 1.82) is 0 Å². The number of alkyl halides is 11. The number of aliphatic hydroxyl groups excluding tert-OH is 1. The van der Waals surface area contributed by atoms with Gasteiger partial charge in [-0.1, -0.05) is 11.8 Å². The number of rotatable bonds is 9. The molecule has 0 heterocycles. The van der Waals surface area contributed by atoms with Gasteiger partial charge >= 0.3 is 35.8 Å². The van der Waals surface area contributed by atoms with Crippen LogP contribution >= 0.6 is 11.8 Å². The first-order valence-electron chi connectivity index (χ1n) is 6.37. The van der Waals surface area contributed by atoms with Crippen LogP contribution in [0, 0.1) is 0 Å². The number of carbonyl (C=O) groups is 2. The van der Waals surface area contributed by atoms with E-state index in [1.165, 1.54) is 0 Å². The minimum Gasteiger partial charge on any atom is -0.479 e. The third-order valence-corrected chi connectivity index (χ3v) is 3.94. The number of carbonyl (C=O) groups excluding carboxylic acids is 1.